The van der Waals surface area contributed by atoms with E-state index in [2.05, 4.69) is 0 Å². The molecule has 0 saturated heterocycles. The summed E-state index contributed by atoms with van der Waals surface area (Å²) in [5.41, 5.74) is 0. The van der Waals surface area contributed by atoms with Crippen LogP contribution in [0, 0.1) is 0 Å². The second kappa shape index (κ2) is 6.37. The van der Waals surface area contributed by atoms with Gasteiger partial charge in [-0.15, -0.1) is 0 Å². The lowest BCUT2D eigenvalue weighted by atomic mass is 10.3. The number of rotatable bonds is 5. The van der Waals surface area contributed by atoms with Crippen LogP contribution in [-0.4, -0.2) is 21.3 Å². The van der Waals surface area contributed by atoms with Crippen molar-refractivity contribution in [2.24, 2.45) is 0 Å². The van der Waals surface area contributed by atoms with E-state index in [1.165, 1.54) is 12.1 Å². The Morgan fingerprint density at radius 1 is 1.10 bits per heavy atom. The number of halogens is 1. The number of methoxy groups -OCH3 is 1. The first-order chi connectivity index (χ1) is 9.96. The minimum absolute atomic E-state index is 0.0272. The third-order valence-corrected chi connectivity index (χ3v) is 4.94. The van der Waals surface area contributed by atoms with Crippen LogP contribution in [-0.2, 0) is 9.84 Å². The smallest absolute Gasteiger partial charge is 0.178 e. The average Bonchev–Trinajstić information content (AvgIpc) is 2.49. The van der Waals surface area contributed by atoms with Crippen molar-refractivity contribution in [3.05, 3.63) is 47.5 Å². The molecule has 0 aliphatic carbocycles. The van der Waals surface area contributed by atoms with Gasteiger partial charge in [0.1, 0.15) is 17.2 Å². The van der Waals surface area contributed by atoms with E-state index in [1.54, 1.807) is 44.4 Å². The third-order valence-electron chi connectivity index (χ3n) is 2.91. The molecule has 0 aliphatic heterocycles. The van der Waals surface area contributed by atoms with Gasteiger partial charge in [-0.1, -0.05) is 24.6 Å². The minimum atomic E-state index is -3.28. The van der Waals surface area contributed by atoms with Gasteiger partial charge in [-0.3, -0.25) is 0 Å². The number of hydrogen-bond acceptors (Lipinski definition) is 4. The van der Waals surface area contributed by atoms with E-state index in [4.69, 9.17) is 21.1 Å². The molecular weight excluding hydrogens is 312 g/mol. The molecule has 112 valence electrons. The molecule has 0 heterocycles. The van der Waals surface area contributed by atoms with Crippen LogP contribution in [0.3, 0.4) is 0 Å². The van der Waals surface area contributed by atoms with Crippen LogP contribution in [0.25, 0.3) is 0 Å². The van der Waals surface area contributed by atoms with E-state index < -0.39 is 9.84 Å². The first-order valence-electron chi connectivity index (χ1n) is 6.30. The molecule has 0 aliphatic rings. The highest BCUT2D eigenvalue weighted by Gasteiger charge is 2.14. The number of benzene rings is 2. The molecule has 0 fully saturated rings. The van der Waals surface area contributed by atoms with Crippen molar-refractivity contribution in [1.29, 1.82) is 0 Å². The zero-order chi connectivity index (χ0) is 15.5. The van der Waals surface area contributed by atoms with Crippen molar-refractivity contribution in [2.45, 2.75) is 11.8 Å². The molecule has 2 rings (SSSR count). The lowest BCUT2D eigenvalue weighted by Gasteiger charge is -2.10. The van der Waals surface area contributed by atoms with E-state index in [1.807, 2.05) is 0 Å². The first-order valence-corrected chi connectivity index (χ1v) is 8.33. The predicted octanol–water partition coefficient (Wildman–Crippen LogP) is 3.93. The van der Waals surface area contributed by atoms with Gasteiger partial charge in [0.2, 0.25) is 0 Å². The van der Waals surface area contributed by atoms with Gasteiger partial charge in [-0.05, 0) is 30.3 Å². The monoisotopic (exact) mass is 326 g/mol. The molecule has 0 saturated carbocycles. The lowest BCUT2D eigenvalue weighted by Crippen LogP contribution is -2.03. The van der Waals surface area contributed by atoms with E-state index in [0.29, 0.717) is 17.2 Å². The second-order valence-electron chi connectivity index (χ2n) is 4.28. The summed E-state index contributed by atoms with van der Waals surface area (Å²) in [7, 11) is -1.72. The van der Waals surface area contributed by atoms with Crippen molar-refractivity contribution in [3.8, 4) is 17.2 Å². The van der Waals surface area contributed by atoms with Gasteiger partial charge in [0.15, 0.2) is 9.84 Å². The fraction of sp³-hybridized carbons (Fsp3) is 0.200. The van der Waals surface area contributed by atoms with E-state index >= 15 is 0 Å². The van der Waals surface area contributed by atoms with Gasteiger partial charge in [0, 0.05) is 6.07 Å². The maximum Gasteiger partial charge on any atom is 0.178 e. The molecular formula is C15H15ClO4S. The van der Waals surface area contributed by atoms with Crippen molar-refractivity contribution in [2.75, 3.05) is 12.9 Å². The second-order valence-corrected chi connectivity index (χ2v) is 6.96. The highest BCUT2D eigenvalue weighted by Crippen LogP contribution is 2.32. The Kier molecular flexibility index (Phi) is 4.75. The predicted molar refractivity (Wildman–Crippen MR) is 82.2 cm³/mol. The fourth-order valence-electron chi connectivity index (χ4n) is 1.72. The van der Waals surface area contributed by atoms with Crippen LogP contribution in [0.15, 0.2) is 47.4 Å². The summed E-state index contributed by atoms with van der Waals surface area (Å²) < 4.78 is 34.3. The highest BCUT2D eigenvalue weighted by molar-refractivity contribution is 7.91. The summed E-state index contributed by atoms with van der Waals surface area (Å²) in [5.74, 6) is 1.63. The van der Waals surface area contributed by atoms with Gasteiger partial charge in [-0.2, -0.15) is 0 Å². The molecule has 2 aromatic carbocycles. The molecule has 0 atom stereocenters. The fourth-order valence-corrected chi connectivity index (χ4v) is 2.91. The zero-order valence-corrected chi connectivity index (χ0v) is 13.2. The Labute approximate surface area is 129 Å². The normalized spacial score (nSPS) is 11.2. The summed E-state index contributed by atoms with van der Waals surface area (Å²) in [4.78, 5) is 0.188. The Bertz CT molecular complexity index is 741. The van der Waals surface area contributed by atoms with E-state index in [9.17, 15) is 8.42 Å². The standard InChI is InChI=1S/C15H15ClO4S/c1-3-21(17,18)13-7-8-15(14(16)10-13)20-12-6-4-5-11(9-12)19-2/h4-10H,3H2,1-2H3. The Hall–Kier alpha value is -1.72. The topological polar surface area (TPSA) is 52.6 Å². The highest BCUT2D eigenvalue weighted by atomic mass is 35.5. The molecule has 2 aromatic rings. The molecule has 21 heavy (non-hydrogen) atoms. The van der Waals surface area contributed by atoms with Crippen LogP contribution < -0.4 is 9.47 Å². The summed E-state index contributed by atoms with van der Waals surface area (Å²) >= 11 is 6.10. The Balaban J connectivity index is 2.29. The van der Waals surface area contributed by atoms with Crippen LogP contribution >= 0.6 is 11.6 Å². The number of ether oxygens (including phenoxy) is 2. The van der Waals surface area contributed by atoms with Crippen LogP contribution in [0.4, 0.5) is 0 Å². The SMILES string of the molecule is CCS(=O)(=O)c1ccc(Oc2cccc(OC)c2)c(Cl)c1. The molecule has 4 nitrogen and oxygen atoms in total. The summed E-state index contributed by atoms with van der Waals surface area (Å²) in [6.07, 6.45) is 0. The Morgan fingerprint density at radius 3 is 2.43 bits per heavy atom. The largest absolute Gasteiger partial charge is 0.497 e. The first kappa shape index (κ1) is 15.7. The van der Waals surface area contributed by atoms with Crippen LogP contribution in [0.1, 0.15) is 6.92 Å². The van der Waals surface area contributed by atoms with Crippen molar-refractivity contribution >= 4 is 21.4 Å². The van der Waals surface area contributed by atoms with Gasteiger partial charge < -0.3 is 9.47 Å². The summed E-state index contributed by atoms with van der Waals surface area (Å²) in [6, 6.07) is 11.5. The van der Waals surface area contributed by atoms with Gasteiger partial charge in [0.05, 0.1) is 22.8 Å². The zero-order valence-electron chi connectivity index (χ0n) is 11.7. The van der Waals surface area contributed by atoms with Gasteiger partial charge in [-0.25, -0.2) is 8.42 Å². The lowest BCUT2D eigenvalue weighted by molar-refractivity contribution is 0.409. The third kappa shape index (κ3) is 3.68. The maximum atomic E-state index is 11.8. The number of sulfone groups is 1. The quantitative estimate of drug-likeness (QED) is 0.835. The van der Waals surface area contributed by atoms with E-state index in [-0.39, 0.29) is 15.7 Å². The summed E-state index contributed by atoms with van der Waals surface area (Å²) in [6.45, 7) is 1.59. The molecule has 0 bridgehead atoms. The molecule has 0 radical (unpaired) electrons. The molecule has 0 amide bonds. The van der Waals surface area contributed by atoms with Gasteiger partial charge >= 0.3 is 0 Å². The van der Waals surface area contributed by atoms with Crippen molar-refractivity contribution < 1.29 is 17.9 Å². The molecule has 0 spiro atoms. The average molecular weight is 327 g/mol. The maximum absolute atomic E-state index is 11.8. The van der Waals surface area contributed by atoms with E-state index in [0.717, 1.165) is 0 Å². The molecule has 0 unspecified atom stereocenters. The van der Waals surface area contributed by atoms with Crippen LogP contribution in [0.2, 0.25) is 5.02 Å². The van der Waals surface area contributed by atoms with Crippen molar-refractivity contribution in [3.63, 3.8) is 0 Å². The minimum Gasteiger partial charge on any atom is -0.497 e. The van der Waals surface area contributed by atoms with Gasteiger partial charge in [0.25, 0.3) is 0 Å². The Morgan fingerprint density at radius 2 is 1.81 bits per heavy atom. The molecule has 6 heteroatoms. The van der Waals surface area contributed by atoms with Crippen LogP contribution in [0.5, 0.6) is 17.2 Å². The number of hydrogen-bond donors (Lipinski definition) is 0. The summed E-state index contributed by atoms with van der Waals surface area (Å²) in [5, 5.41) is 0.243. The van der Waals surface area contributed by atoms with Crippen molar-refractivity contribution in [1.82, 2.24) is 0 Å². The molecule has 0 N–H and O–H groups in total. The molecule has 0 aromatic heterocycles.